The van der Waals surface area contributed by atoms with E-state index in [1.165, 1.54) is 5.01 Å². The number of benzene rings is 2. The van der Waals surface area contributed by atoms with Crippen molar-refractivity contribution in [3.8, 4) is 6.07 Å². The summed E-state index contributed by atoms with van der Waals surface area (Å²) in [6, 6.07) is 18.2. The molecule has 0 spiro atoms. The quantitative estimate of drug-likeness (QED) is 0.668. The Kier molecular flexibility index (Phi) is 8.17. The molecule has 0 saturated carbocycles. The molecule has 1 saturated heterocycles. The van der Waals surface area contributed by atoms with Crippen LogP contribution in [0.1, 0.15) is 16.7 Å². The average Bonchev–Trinajstić information content (AvgIpc) is 2.85. The zero-order valence-corrected chi connectivity index (χ0v) is 17.6. The van der Waals surface area contributed by atoms with Gasteiger partial charge in [0.2, 0.25) is 0 Å². The van der Waals surface area contributed by atoms with Gasteiger partial charge in [-0.3, -0.25) is 0 Å². The van der Waals surface area contributed by atoms with Gasteiger partial charge in [0.05, 0.1) is 18.2 Å². The minimum atomic E-state index is -0.598. The number of rotatable bonds is 7. The summed E-state index contributed by atoms with van der Waals surface area (Å²) in [7, 11) is 0. The monoisotopic (exact) mass is 435 g/mol. The van der Waals surface area contributed by atoms with Crippen LogP contribution < -0.4 is 5.32 Å². The van der Waals surface area contributed by atoms with Crippen LogP contribution in [-0.4, -0.2) is 66.1 Å². The first-order chi connectivity index (χ1) is 15.6. The van der Waals surface area contributed by atoms with Gasteiger partial charge in [0.15, 0.2) is 0 Å². The number of aldehydes is 1. The van der Waals surface area contributed by atoms with E-state index in [2.05, 4.69) is 11.4 Å². The van der Waals surface area contributed by atoms with E-state index in [0.717, 1.165) is 11.1 Å². The molecule has 1 N–H and O–H groups in total. The molecule has 32 heavy (non-hydrogen) atoms. The standard InChI is InChI=1S/C23H25N5O4/c24-16-19-6-8-20(9-7-19)17-25-22(30)26-10-12-27(13-11-26)28(14-15-29)23(31)32-18-21-4-2-1-3-5-21/h1-9,15H,10-14,17-18H2,(H,25,30). The second kappa shape index (κ2) is 11.5. The summed E-state index contributed by atoms with van der Waals surface area (Å²) in [4.78, 5) is 37.8. The zero-order valence-electron chi connectivity index (χ0n) is 17.6. The van der Waals surface area contributed by atoms with Gasteiger partial charge in [-0.15, -0.1) is 0 Å². The fourth-order valence-corrected chi connectivity index (χ4v) is 3.30. The minimum Gasteiger partial charge on any atom is -0.444 e. The smallest absolute Gasteiger partial charge is 0.425 e. The zero-order chi connectivity index (χ0) is 22.8. The topological polar surface area (TPSA) is 106 Å². The van der Waals surface area contributed by atoms with Gasteiger partial charge in [0, 0.05) is 32.7 Å². The van der Waals surface area contributed by atoms with Crippen LogP contribution in [0.2, 0.25) is 0 Å². The lowest BCUT2D eigenvalue weighted by atomic mass is 10.1. The Hall–Kier alpha value is -3.90. The lowest BCUT2D eigenvalue weighted by molar-refractivity contribution is -0.114. The van der Waals surface area contributed by atoms with Crippen LogP contribution in [0.15, 0.2) is 54.6 Å². The van der Waals surface area contributed by atoms with Crippen molar-refractivity contribution in [1.29, 1.82) is 5.26 Å². The Balaban J connectivity index is 1.47. The highest BCUT2D eigenvalue weighted by atomic mass is 16.6. The lowest BCUT2D eigenvalue weighted by Gasteiger charge is -2.39. The molecule has 9 heteroatoms. The van der Waals surface area contributed by atoms with Gasteiger partial charge in [0.1, 0.15) is 12.9 Å². The number of piperazine rings is 1. The van der Waals surface area contributed by atoms with Crippen LogP contribution in [0.5, 0.6) is 0 Å². The fraction of sp³-hybridized carbons (Fsp3) is 0.304. The molecule has 2 aromatic carbocycles. The van der Waals surface area contributed by atoms with Crippen molar-refractivity contribution in [2.24, 2.45) is 0 Å². The summed E-state index contributed by atoms with van der Waals surface area (Å²) in [6.45, 7) is 1.97. The van der Waals surface area contributed by atoms with Crippen molar-refractivity contribution in [1.82, 2.24) is 20.2 Å². The van der Waals surface area contributed by atoms with Gasteiger partial charge in [-0.05, 0) is 23.3 Å². The molecule has 1 aliphatic heterocycles. The van der Waals surface area contributed by atoms with E-state index >= 15 is 0 Å². The van der Waals surface area contributed by atoms with E-state index < -0.39 is 6.09 Å². The maximum atomic E-state index is 12.5. The molecule has 0 bridgehead atoms. The number of urea groups is 1. The third kappa shape index (κ3) is 6.30. The molecule has 0 radical (unpaired) electrons. The van der Waals surface area contributed by atoms with Crippen LogP contribution >= 0.6 is 0 Å². The third-order valence-electron chi connectivity index (χ3n) is 5.07. The summed E-state index contributed by atoms with van der Waals surface area (Å²) in [6.07, 6.45) is 0.0557. The molecule has 1 aliphatic rings. The first-order valence-electron chi connectivity index (χ1n) is 10.3. The van der Waals surface area contributed by atoms with Crippen LogP contribution in [-0.2, 0) is 22.7 Å². The van der Waals surface area contributed by atoms with E-state index in [-0.39, 0.29) is 19.2 Å². The maximum Gasteiger partial charge on any atom is 0.425 e. The highest BCUT2D eigenvalue weighted by molar-refractivity contribution is 5.74. The van der Waals surface area contributed by atoms with Crippen LogP contribution in [0.4, 0.5) is 9.59 Å². The van der Waals surface area contributed by atoms with Gasteiger partial charge in [0.25, 0.3) is 0 Å². The van der Waals surface area contributed by atoms with E-state index in [1.807, 2.05) is 30.3 Å². The number of hydrogen-bond acceptors (Lipinski definition) is 6. The highest BCUT2D eigenvalue weighted by Gasteiger charge is 2.28. The van der Waals surface area contributed by atoms with Crippen LogP contribution in [0, 0.1) is 11.3 Å². The molecular weight excluding hydrogens is 410 g/mol. The number of amides is 3. The number of nitrogens with zero attached hydrogens (tertiary/aromatic N) is 4. The molecule has 3 rings (SSSR count). The molecule has 2 aromatic rings. The number of carbonyl (C=O) groups is 3. The summed E-state index contributed by atoms with van der Waals surface area (Å²) >= 11 is 0. The Labute approximate surface area is 186 Å². The van der Waals surface area contributed by atoms with Gasteiger partial charge < -0.3 is 19.7 Å². The van der Waals surface area contributed by atoms with Crippen molar-refractivity contribution >= 4 is 18.4 Å². The first-order valence-corrected chi connectivity index (χ1v) is 10.3. The van der Waals surface area contributed by atoms with E-state index in [0.29, 0.717) is 44.6 Å². The van der Waals surface area contributed by atoms with Crippen molar-refractivity contribution in [3.05, 3.63) is 71.3 Å². The first kappa shape index (κ1) is 22.8. The Morgan fingerprint density at radius 2 is 1.72 bits per heavy atom. The summed E-state index contributed by atoms with van der Waals surface area (Å²) in [5.74, 6) is 0. The van der Waals surface area contributed by atoms with Gasteiger partial charge in [-0.1, -0.05) is 42.5 Å². The normalized spacial score (nSPS) is 13.7. The number of hydrogen-bond donors (Lipinski definition) is 1. The van der Waals surface area contributed by atoms with E-state index in [4.69, 9.17) is 10.00 Å². The Morgan fingerprint density at radius 1 is 1.03 bits per heavy atom. The molecule has 0 aliphatic carbocycles. The molecule has 1 fully saturated rings. The molecular formula is C23H25N5O4. The number of ether oxygens (including phenoxy) is 1. The lowest BCUT2D eigenvalue weighted by Crippen LogP contribution is -2.58. The molecule has 3 amide bonds. The number of carbonyl (C=O) groups excluding carboxylic acids is 3. The third-order valence-corrected chi connectivity index (χ3v) is 5.07. The molecule has 9 nitrogen and oxygen atoms in total. The van der Waals surface area contributed by atoms with E-state index in [9.17, 15) is 14.4 Å². The second-order valence-corrected chi connectivity index (χ2v) is 7.20. The van der Waals surface area contributed by atoms with Crippen molar-refractivity contribution < 1.29 is 19.1 Å². The molecule has 0 unspecified atom stereocenters. The fourth-order valence-electron chi connectivity index (χ4n) is 3.30. The van der Waals surface area contributed by atoms with Crippen molar-refractivity contribution in [2.45, 2.75) is 13.2 Å². The number of nitriles is 1. The van der Waals surface area contributed by atoms with Gasteiger partial charge in [-0.2, -0.15) is 5.26 Å². The van der Waals surface area contributed by atoms with Gasteiger partial charge >= 0.3 is 12.1 Å². The summed E-state index contributed by atoms with van der Waals surface area (Å²) in [5, 5.41) is 14.7. The highest BCUT2D eigenvalue weighted by Crippen LogP contribution is 2.10. The molecule has 1 heterocycles. The predicted octanol–water partition coefficient (Wildman–Crippen LogP) is 2.14. The maximum absolute atomic E-state index is 12.5. The van der Waals surface area contributed by atoms with Gasteiger partial charge in [-0.25, -0.2) is 19.6 Å². The average molecular weight is 435 g/mol. The molecule has 0 aromatic heterocycles. The predicted molar refractivity (Wildman–Crippen MR) is 116 cm³/mol. The summed E-state index contributed by atoms with van der Waals surface area (Å²) < 4.78 is 5.35. The van der Waals surface area contributed by atoms with Crippen LogP contribution in [0.3, 0.4) is 0 Å². The number of nitrogens with one attached hydrogen (secondary N) is 1. The molecule has 0 atom stereocenters. The van der Waals surface area contributed by atoms with Crippen LogP contribution in [0.25, 0.3) is 0 Å². The molecule has 166 valence electrons. The second-order valence-electron chi connectivity index (χ2n) is 7.20. The largest absolute Gasteiger partial charge is 0.444 e. The van der Waals surface area contributed by atoms with E-state index in [1.54, 1.807) is 34.2 Å². The van der Waals surface area contributed by atoms with Crippen molar-refractivity contribution in [3.63, 3.8) is 0 Å². The Bertz CT molecular complexity index is 951. The minimum absolute atomic E-state index is 0.113. The Morgan fingerprint density at radius 3 is 2.34 bits per heavy atom. The van der Waals surface area contributed by atoms with Crippen molar-refractivity contribution in [2.75, 3.05) is 32.7 Å². The number of hydrazine groups is 1. The SMILES string of the molecule is N#Cc1ccc(CNC(=O)N2CCN(N(CC=O)C(=O)OCc3ccccc3)CC2)cc1. The summed E-state index contributed by atoms with van der Waals surface area (Å²) in [5.41, 5.74) is 2.32.